The van der Waals surface area contributed by atoms with Crippen molar-refractivity contribution in [2.75, 3.05) is 18.0 Å². The molecule has 37 heavy (non-hydrogen) atoms. The number of nitrogens with two attached hydrogens (primary N) is 1. The summed E-state index contributed by atoms with van der Waals surface area (Å²) in [6, 6.07) is 11.2. The average molecular weight is 526 g/mol. The quantitative estimate of drug-likeness (QED) is 0.518. The van der Waals surface area contributed by atoms with E-state index in [-0.39, 0.29) is 34.4 Å². The zero-order valence-corrected chi connectivity index (χ0v) is 23.2. The molecular weight excluding hydrogens is 490 g/mol. The summed E-state index contributed by atoms with van der Waals surface area (Å²) in [6.45, 7) is 12.8. The summed E-state index contributed by atoms with van der Waals surface area (Å²) in [4.78, 5) is 42.2. The number of nitrogens with zero attached hydrogens (tertiary/aromatic N) is 2. The van der Waals surface area contributed by atoms with Crippen LogP contribution in [0.15, 0.2) is 36.4 Å². The van der Waals surface area contributed by atoms with Gasteiger partial charge in [0.2, 0.25) is 5.91 Å². The Balaban J connectivity index is 1.71. The Bertz CT molecular complexity index is 1240. The van der Waals surface area contributed by atoms with Crippen molar-refractivity contribution in [3.63, 3.8) is 0 Å². The Labute approximate surface area is 223 Å². The number of primary amides is 1. The average Bonchev–Trinajstić information content (AvgIpc) is 3.04. The maximum Gasteiger partial charge on any atom is 0.410 e. The Morgan fingerprint density at radius 1 is 1.11 bits per heavy atom. The van der Waals surface area contributed by atoms with Crippen molar-refractivity contribution in [3.8, 4) is 0 Å². The van der Waals surface area contributed by atoms with Gasteiger partial charge in [0.05, 0.1) is 27.4 Å². The van der Waals surface area contributed by atoms with Gasteiger partial charge in [-0.15, -0.1) is 0 Å². The van der Waals surface area contributed by atoms with Crippen molar-refractivity contribution in [2.45, 2.75) is 71.3 Å². The molecule has 4 rings (SSSR count). The first-order chi connectivity index (χ1) is 17.3. The molecule has 1 saturated heterocycles. The van der Waals surface area contributed by atoms with Crippen LogP contribution in [0, 0.1) is 5.92 Å². The number of carbonyl (C=O) groups excluding carboxylic acids is 3. The van der Waals surface area contributed by atoms with Crippen molar-refractivity contribution in [2.24, 2.45) is 11.7 Å². The largest absolute Gasteiger partial charge is 0.444 e. The van der Waals surface area contributed by atoms with Crippen molar-refractivity contribution in [3.05, 3.63) is 58.1 Å². The van der Waals surface area contributed by atoms with Crippen LogP contribution in [0.3, 0.4) is 0 Å². The second-order valence-corrected chi connectivity index (χ2v) is 11.9. The highest BCUT2D eigenvalue weighted by molar-refractivity contribution is 6.35. The Morgan fingerprint density at radius 3 is 2.32 bits per heavy atom. The van der Waals surface area contributed by atoms with E-state index in [1.54, 1.807) is 28.0 Å². The molecule has 2 aliphatic heterocycles. The molecule has 198 valence electrons. The molecule has 8 heteroatoms. The summed E-state index contributed by atoms with van der Waals surface area (Å²) in [6.07, 6.45) is 1.29. The van der Waals surface area contributed by atoms with Crippen LogP contribution in [0.4, 0.5) is 16.2 Å². The molecule has 2 N–H and O–H groups in total. The zero-order valence-electron chi connectivity index (χ0n) is 22.4. The molecule has 0 bridgehead atoms. The van der Waals surface area contributed by atoms with Crippen LogP contribution in [0.25, 0.3) is 0 Å². The normalized spacial score (nSPS) is 20.4. The lowest BCUT2D eigenvalue weighted by molar-refractivity contribution is -0.123. The van der Waals surface area contributed by atoms with Gasteiger partial charge in [-0.3, -0.25) is 14.5 Å². The smallest absolute Gasteiger partial charge is 0.410 e. The molecule has 2 aromatic carbocycles. The lowest BCUT2D eigenvalue weighted by atomic mass is 9.74. The number of fused-ring (bicyclic) bond motifs is 1. The molecule has 1 atom stereocenters. The topological polar surface area (TPSA) is 92.9 Å². The number of rotatable bonds is 4. The maximum absolute atomic E-state index is 14.0. The van der Waals surface area contributed by atoms with Crippen molar-refractivity contribution in [1.82, 2.24) is 4.90 Å². The fourth-order valence-corrected chi connectivity index (χ4v) is 5.61. The van der Waals surface area contributed by atoms with Crippen molar-refractivity contribution in [1.29, 1.82) is 0 Å². The fourth-order valence-electron chi connectivity index (χ4n) is 5.35. The van der Waals surface area contributed by atoms with Crippen LogP contribution in [-0.4, -0.2) is 41.5 Å². The van der Waals surface area contributed by atoms with Crippen LogP contribution in [-0.2, 0) is 14.9 Å². The van der Waals surface area contributed by atoms with Gasteiger partial charge >= 0.3 is 6.09 Å². The fraction of sp³-hybridized carbons (Fsp3) is 0.483. The SMILES string of the molecule is CC(C)C1(C)C(=O)N(c2cccc(Cl)c2C(N)=O)c2cc(C3CCN(C(=O)OC(C)(C)C)CC3)ccc21. The second-order valence-electron chi connectivity index (χ2n) is 11.5. The molecule has 1 fully saturated rings. The maximum atomic E-state index is 14.0. The summed E-state index contributed by atoms with van der Waals surface area (Å²) in [5.41, 5.74) is 7.68. The minimum atomic E-state index is -0.773. The van der Waals surface area contributed by atoms with Gasteiger partial charge in [0, 0.05) is 13.1 Å². The van der Waals surface area contributed by atoms with Gasteiger partial charge in [0.1, 0.15) is 5.60 Å². The summed E-state index contributed by atoms with van der Waals surface area (Å²) in [7, 11) is 0. The van der Waals surface area contributed by atoms with Gasteiger partial charge in [-0.05, 0) is 81.7 Å². The molecule has 2 aromatic rings. The van der Waals surface area contributed by atoms with E-state index in [9.17, 15) is 14.4 Å². The van der Waals surface area contributed by atoms with Crippen LogP contribution in [0.2, 0.25) is 5.02 Å². The number of ether oxygens (including phenoxy) is 1. The summed E-state index contributed by atoms with van der Waals surface area (Å²) < 4.78 is 5.53. The number of benzene rings is 2. The third-order valence-corrected chi connectivity index (χ3v) is 8.04. The van der Waals surface area contributed by atoms with Crippen LogP contribution in [0.1, 0.15) is 81.8 Å². The van der Waals surface area contributed by atoms with Crippen LogP contribution < -0.4 is 10.6 Å². The highest BCUT2D eigenvalue weighted by Gasteiger charge is 2.50. The van der Waals surface area contributed by atoms with Crippen molar-refractivity contribution >= 4 is 40.9 Å². The lowest BCUT2D eigenvalue weighted by Gasteiger charge is -2.34. The minimum absolute atomic E-state index is 0.0166. The molecule has 0 saturated carbocycles. The molecule has 3 amide bonds. The van der Waals surface area contributed by atoms with Crippen LogP contribution >= 0.6 is 11.6 Å². The predicted octanol–water partition coefficient (Wildman–Crippen LogP) is 6.15. The van der Waals surface area contributed by atoms with Gasteiger partial charge < -0.3 is 15.4 Å². The Morgan fingerprint density at radius 2 is 1.76 bits per heavy atom. The first-order valence-corrected chi connectivity index (χ1v) is 13.2. The molecule has 0 radical (unpaired) electrons. The van der Waals surface area contributed by atoms with E-state index in [1.807, 2.05) is 47.6 Å². The number of hydrogen-bond acceptors (Lipinski definition) is 4. The zero-order chi connectivity index (χ0) is 27.3. The summed E-state index contributed by atoms with van der Waals surface area (Å²) in [5, 5.41) is 0.211. The second kappa shape index (κ2) is 9.67. The first-order valence-electron chi connectivity index (χ1n) is 12.8. The van der Waals surface area contributed by atoms with E-state index in [0.29, 0.717) is 18.8 Å². The van der Waals surface area contributed by atoms with Gasteiger partial charge in [-0.2, -0.15) is 0 Å². The van der Waals surface area contributed by atoms with E-state index < -0.39 is 16.9 Å². The van der Waals surface area contributed by atoms with E-state index in [2.05, 4.69) is 12.1 Å². The summed E-state index contributed by atoms with van der Waals surface area (Å²) >= 11 is 6.36. The highest BCUT2D eigenvalue weighted by Crippen LogP contribution is 2.51. The number of halogens is 1. The molecule has 7 nitrogen and oxygen atoms in total. The number of amides is 3. The molecule has 0 spiro atoms. The Hall–Kier alpha value is -3.06. The predicted molar refractivity (Wildman–Crippen MR) is 146 cm³/mol. The van der Waals surface area contributed by atoms with E-state index in [1.165, 1.54) is 0 Å². The van der Waals surface area contributed by atoms with Gasteiger partial charge in [0.15, 0.2) is 0 Å². The van der Waals surface area contributed by atoms with E-state index in [4.69, 9.17) is 22.1 Å². The molecule has 2 aliphatic rings. The molecule has 1 unspecified atom stereocenters. The highest BCUT2D eigenvalue weighted by atomic mass is 35.5. The standard InChI is InChI=1S/C29H36ClN3O4/c1-17(2)29(6)20-11-10-19(18-12-14-32(15-13-18)27(36)37-28(3,4)5)16-23(20)33(26(29)35)22-9-7-8-21(30)24(22)25(31)34/h7-11,16-18H,12-15H2,1-6H3,(H2,31,34). The van der Waals surface area contributed by atoms with Crippen molar-refractivity contribution < 1.29 is 19.1 Å². The number of likely N-dealkylation sites (tertiary alicyclic amines) is 1. The minimum Gasteiger partial charge on any atom is -0.444 e. The molecule has 0 aromatic heterocycles. The van der Waals surface area contributed by atoms with Gasteiger partial charge in [-0.25, -0.2) is 4.79 Å². The monoisotopic (exact) mass is 525 g/mol. The number of hydrogen-bond donors (Lipinski definition) is 1. The molecule has 0 aliphatic carbocycles. The third kappa shape index (κ3) is 4.81. The van der Waals surface area contributed by atoms with Gasteiger partial charge in [-0.1, -0.05) is 43.6 Å². The van der Waals surface area contributed by atoms with E-state index >= 15 is 0 Å². The first kappa shape index (κ1) is 27.0. The molecule has 2 heterocycles. The number of anilines is 2. The third-order valence-electron chi connectivity index (χ3n) is 7.72. The van der Waals surface area contributed by atoms with Gasteiger partial charge in [0.25, 0.3) is 5.91 Å². The molecular formula is C29H36ClN3O4. The van der Waals surface area contributed by atoms with E-state index in [0.717, 1.165) is 29.7 Å². The lowest BCUT2D eigenvalue weighted by Crippen LogP contribution is -2.41. The van der Waals surface area contributed by atoms with Crippen LogP contribution in [0.5, 0.6) is 0 Å². The number of piperidine rings is 1. The number of carbonyl (C=O) groups is 3. The summed E-state index contributed by atoms with van der Waals surface area (Å²) in [5.74, 6) is -0.553. The Kier molecular flexibility index (Phi) is 7.06.